The number of halogens is 3. The summed E-state index contributed by atoms with van der Waals surface area (Å²) in [4.78, 5) is 0. The monoisotopic (exact) mass is 326 g/mol. The second kappa shape index (κ2) is 4.29. The molecule has 2 heterocycles. The van der Waals surface area contributed by atoms with Crippen LogP contribution in [0.2, 0.25) is 5.15 Å². The lowest BCUT2D eigenvalue weighted by atomic mass is 10.2. The molecule has 3 aromatic rings. The van der Waals surface area contributed by atoms with Gasteiger partial charge in [0, 0.05) is 5.56 Å². The van der Waals surface area contributed by atoms with E-state index in [0.717, 1.165) is 0 Å². The summed E-state index contributed by atoms with van der Waals surface area (Å²) in [5.74, 6) is 0.173. The second-order valence-corrected chi connectivity index (χ2v) is 4.82. The van der Waals surface area contributed by atoms with Crippen LogP contribution in [-0.4, -0.2) is 19.8 Å². The van der Waals surface area contributed by atoms with Crippen molar-refractivity contribution < 1.29 is 4.39 Å². The number of hydrogen-bond acceptors (Lipinski definition) is 3. The molecule has 18 heavy (non-hydrogen) atoms. The zero-order chi connectivity index (χ0) is 12.7. The molecule has 0 saturated carbocycles. The van der Waals surface area contributed by atoms with Gasteiger partial charge < -0.3 is 0 Å². The maximum atomic E-state index is 13.2. The summed E-state index contributed by atoms with van der Waals surface area (Å²) in [5, 5.41) is 12.4. The van der Waals surface area contributed by atoms with E-state index < -0.39 is 0 Å². The van der Waals surface area contributed by atoms with Gasteiger partial charge in [0.1, 0.15) is 11.0 Å². The fourth-order valence-electron chi connectivity index (χ4n) is 1.58. The van der Waals surface area contributed by atoms with Gasteiger partial charge in [-0.25, -0.2) is 4.39 Å². The maximum Gasteiger partial charge on any atom is 0.185 e. The van der Waals surface area contributed by atoms with Crippen molar-refractivity contribution in [3.05, 3.63) is 45.8 Å². The van der Waals surface area contributed by atoms with Crippen molar-refractivity contribution in [3.8, 4) is 11.4 Å². The summed E-state index contributed by atoms with van der Waals surface area (Å²) >= 11 is 8.97. The van der Waals surface area contributed by atoms with Gasteiger partial charge in [-0.1, -0.05) is 11.6 Å². The fourth-order valence-corrected chi connectivity index (χ4v) is 2.10. The molecule has 3 rings (SSSR count). The zero-order valence-corrected chi connectivity index (χ0v) is 11.2. The summed E-state index contributed by atoms with van der Waals surface area (Å²) in [6.45, 7) is 0. The molecule has 0 bridgehead atoms. The minimum Gasteiger partial charge on any atom is -0.206 e. The molecule has 0 fully saturated rings. The summed E-state index contributed by atoms with van der Waals surface area (Å²) in [7, 11) is 0. The van der Waals surface area contributed by atoms with Crippen LogP contribution in [0.4, 0.5) is 4.39 Å². The van der Waals surface area contributed by atoms with E-state index in [9.17, 15) is 4.39 Å². The van der Waals surface area contributed by atoms with Crippen molar-refractivity contribution in [1.82, 2.24) is 19.8 Å². The number of nitrogens with zero attached hydrogens (tertiary/aromatic N) is 4. The summed E-state index contributed by atoms with van der Waals surface area (Å²) in [6, 6.07) is 7.93. The van der Waals surface area contributed by atoms with Crippen LogP contribution in [-0.2, 0) is 0 Å². The Bertz CT molecular complexity index is 743. The smallest absolute Gasteiger partial charge is 0.185 e. The van der Waals surface area contributed by atoms with Crippen molar-refractivity contribution in [2.75, 3.05) is 0 Å². The first-order valence-corrected chi connectivity index (χ1v) is 6.15. The van der Waals surface area contributed by atoms with Crippen LogP contribution in [0.3, 0.4) is 0 Å². The average Bonchev–Trinajstić information content (AvgIpc) is 2.75. The van der Waals surface area contributed by atoms with Crippen molar-refractivity contribution >= 4 is 33.2 Å². The van der Waals surface area contributed by atoms with Crippen molar-refractivity contribution in [3.63, 3.8) is 0 Å². The molecule has 0 saturated heterocycles. The highest BCUT2D eigenvalue weighted by molar-refractivity contribution is 9.10. The van der Waals surface area contributed by atoms with Gasteiger partial charge >= 0.3 is 0 Å². The standard InChI is InChI=1S/C11H5BrClFN4/c12-7-5-6(1-2-8(7)14)11-16-15-10-4-3-9(13)17-18(10)11/h1-5H. The van der Waals surface area contributed by atoms with Gasteiger partial charge in [0.25, 0.3) is 0 Å². The number of benzene rings is 1. The third-order valence-corrected chi connectivity index (χ3v) is 3.22. The molecule has 90 valence electrons. The quantitative estimate of drug-likeness (QED) is 0.688. The molecule has 0 spiro atoms. The van der Waals surface area contributed by atoms with Gasteiger partial charge in [-0.2, -0.15) is 9.61 Å². The Balaban J connectivity index is 2.24. The molecule has 4 nitrogen and oxygen atoms in total. The number of fused-ring (bicyclic) bond motifs is 1. The molecular formula is C11H5BrClFN4. The Labute approximate surface area is 115 Å². The largest absolute Gasteiger partial charge is 0.206 e. The van der Waals surface area contributed by atoms with Gasteiger partial charge in [-0.05, 0) is 46.3 Å². The lowest BCUT2D eigenvalue weighted by Gasteiger charge is -2.01. The van der Waals surface area contributed by atoms with Gasteiger partial charge in [-0.3, -0.25) is 0 Å². The van der Waals surface area contributed by atoms with Crippen LogP contribution in [0.25, 0.3) is 17.0 Å². The van der Waals surface area contributed by atoms with E-state index >= 15 is 0 Å². The van der Waals surface area contributed by atoms with Crippen LogP contribution in [0.15, 0.2) is 34.8 Å². The SMILES string of the molecule is Fc1ccc(-c2nnc3ccc(Cl)nn23)cc1Br. The van der Waals surface area contributed by atoms with E-state index in [1.165, 1.54) is 10.6 Å². The van der Waals surface area contributed by atoms with E-state index in [-0.39, 0.29) is 5.82 Å². The third-order valence-electron chi connectivity index (χ3n) is 2.41. The first-order valence-electron chi connectivity index (χ1n) is 4.98. The third kappa shape index (κ3) is 1.87. The van der Waals surface area contributed by atoms with Crippen LogP contribution in [0.1, 0.15) is 0 Å². The van der Waals surface area contributed by atoms with E-state index in [1.54, 1.807) is 24.3 Å². The summed E-state index contributed by atoms with van der Waals surface area (Å²) < 4.78 is 15.1. The van der Waals surface area contributed by atoms with E-state index in [2.05, 4.69) is 31.2 Å². The van der Waals surface area contributed by atoms with Gasteiger partial charge in [0.15, 0.2) is 11.5 Å². The van der Waals surface area contributed by atoms with Crippen LogP contribution in [0.5, 0.6) is 0 Å². The molecule has 2 aromatic heterocycles. The molecule has 0 aliphatic heterocycles. The number of hydrogen-bond donors (Lipinski definition) is 0. The van der Waals surface area contributed by atoms with Crippen molar-refractivity contribution in [2.24, 2.45) is 0 Å². The highest BCUT2D eigenvalue weighted by Gasteiger charge is 2.11. The summed E-state index contributed by atoms with van der Waals surface area (Å²) in [6.07, 6.45) is 0. The Morgan fingerprint density at radius 1 is 1.17 bits per heavy atom. The van der Waals surface area contributed by atoms with Gasteiger partial charge in [0.2, 0.25) is 0 Å². The topological polar surface area (TPSA) is 43.1 Å². The predicted molar refractivity (Wildman–Crippen MR) is 68.9 cm³/mol. The summed E-state index contributed by atoms with van der Waals surface area (Å²) in [5.41, 5.74) is 1.28. The number of aromatic nitrogens is 4. The van der Waals surface area contributed by atoms with Gasteiger partial charge in [0.05, 0.1) is 4.47 Å². The second-order valence-electron chi connectivity index (χ2n) is 3.58. The fraction of sp³-hybridized carbons (Fsp3) is 0. The Hall–Kier alpha value is -1.53. The molecule has 0 radical (unpaired) electrons. The van der Waals surface area contributed by atoms with E-state index in [0.29, 0.717) is 26.7 Å². The van der Waals surface area contributed by atoms with Crippen LogP contribution < -0.4 is 0 Å². The Kier molecular flexibility index (Phi) is 2.76. The van der Waals surface area contributed by atoms with Crippen molar-refractivity contribution in [1.29, 1.82) is 0 Å². The minimum absolute atomic E-state index is 0.335. The minimum atomic E-state index is -0.335. The maximum absolute atomic E-state index is 13.2. The first-order chi connectivity index (χ1) is 8.65. The Morgan fingerprint density at radius 2 is 2.00 bits per heavy atom. The molecule has 0 aliphatic carbocycles. The first kappa shape index (κ1) is 11.6. The molecular weight excluding hydrogens is 323 g/mol. The van der Waals surface area contributed by atoms with E-state index in [1.807, 2.05) is 0 Å². The van der Waals surface area contributed by atoms with Crippen LogP contribution in [0, 0.1) is 5.82 Å². The molecule has 7 heteroatoms. The Morgan fingerprint density at radius 3 is 2.78 bits per heavy atom. The average molecular weight is 328 g/mol. The molecule has 0 unspecified atom stereocenters. The lowest BCUT2D eigenvalue weighted by Crippen LogP contribution is -1.95. The predicted octanol–water partition coefficient (Wildman–Crippen LogP) is 3.35. The molecule has 0 N–H and O–H groups in total. The van der Waals surface area contributed by atoms with E-state index in [4.69, 9.17) is 11.6 Å². The normalized spacial score (nSPS) is 11.1. The number of rotatable bonds is 1. The highest BCUT2D eigenvalue weighted by Crippen LogP contribution is 2.24. The van der Waals surface area contributed by atoms with Crippen molar-refractivity contribution in [2.45, 2.75) is 0 Å². The van der Waals surface area contributed by atoms with Crippen LogP contribution >= 0.6 is 27.5 Å². The molecule has 0 amide bonds. The zero-order valence-electron chi connectivity index (χ0n) is 8.81. The molecule has 0 aliphatic rings. The lowest BCUT2D eigenvalue weighted by molar-refractivity contribution is 0.621. The molecule has 0 atom stereocenters. The highest BCUT2D eigenvalue weighted by atomic mass is 79.9. The molecule has 1 aromatic carbocycles. The van der Waals surface area contributed by atoms with Gasteiger partial charge in [-0.15, -0.1) is 10.2 Å².